The lowest BCUT2D eigenvalue weighted by Crippen LogP contribution is -2.65. The van der Waals surface area contributed by atoms with Crippen LogP contribution in [-0.4, -0.2) is 51.5 Å². The second-order valence-corrected chi connectivity index (χ2v) is 11.0. The molecule has 0 aliphatic heterocycles. The van der Waals surface area contributed by atoms with E-state index in [2.05, 4.69) is 6.92 Å². The van der Waals surface area contributed by atoms with Crippen LogP contribution in [0.5, 0.6) is 0 Å². The Kier molecular flexibility index (Phi) is 5.83. The minimum Gasteiger partial charge on any atom is -0.451 e. The predicted molar refractivity (Wildman–Crippen MR) is 128 cm³/mol. The smallest absolute Gasteiger partial charge is 0.340 e. The molecule has 4 rings (SSSR count). The van der Waals surface area contributed by atoms with Gasteiger partial charge in [-0.1, -0.05) is 52.0 Å². The average molecular weight is 470 g/mol. The highest BCUT2D eigenvalue weighted by Gasteiger charge is 2.73. The van der Waals surface area contributed by atoms with Gasteiger partial charge in [0.15, 0.2) is 17.5 Å². The van der Waals surface area contributed by atoms with Crippen LogP contribution in [0, 0.1) is 28.6 Å². The minimum absolute atomic E-state index is 0.117. The van der Waals surface area contributed by atoms with E-state index in [1.54, 1.807) is 37.3 Å². The van der Waals surface area contributed by atoms with Crippen LogP contribution in [0.4, 0.5) is 5.69 Å². The second-order valence-electron chi connectivity index (χ2n) is 11.0. The predicted octanol–water partition coefficient (Wildman–Crippen LogP) is 2.65. The van der Waals surface area contributed by atoms with Crippen LogP contribution < -0.4 is 5.73 Å². The van der Waals surface area contributed by atoms with Crippen molar-refractivity contribution in [3.63, 3.8) is 0 Å². The molecule has 0 unspecified atom stereocenters. The zero-order valence-corrected chi connectivity index (χ0v) is 20.4. The van der Waals surface area contributed by atoms with Crippen molar-refractivity contribution in [1.29, 1.82) is 0 Å². The van der Waals surface area contributed by atoms with Gasteiger partial charge in [0.25, 0.3) is 0 Å². The van der Waals surface area contributed by atoms with E-state index < -0.39 is 47.1 Å². The van der Waals surface area contributed by atoms with Gasteiger partial charge in [0.1, 0.15) is 6.10 Å². The van der Waals surface area contributed by atoms with Crippen LogP contribution in [0.2, 0.25) is 0 Å². The Morgan fingerprint density at radius 2 is 1.85 bits per heavy atom. The Balaban J connectivity index is 1.91. The van der Waals surface area contributed by atoms with Gasteiger partial charge >= 0.3 is 5.97 Å². The monoisotopic (exact) mass is 469 g/mol. The molecule has 0 radical (unpaired) electrons. The van der Waals surface area contributed by atoms with Crippen LogP contribution in [0.25, 0.3) is 0 Å². The quantitative estimate of drug-likeness (QED) is 0.304. The SMILES string of the molecule is CC1=C[C@]23C(=O)[C@@H](C=C(CO)[C@@H](O)[C@]2(O)[C@H]1OC(=O)c1ccccc1N)C(C)(C)[C@@H](C)C[C@H]3C. The number of para-hydroxylation sites is 1. The molecule has 7 nitrogen and oxygen atoms in total. The number of ketones is 1. The number of esters is 1. The van der Waals surface area contributed by atoms with Crippen molar-refractivity contribution in [2.45, 2.75) is 58.8 Å². The fraction of sp³-hybridized carbons (Fsp3) is 0.556. The normalized spacial score (nSPS) is 38.8. The number of nitrogens with two attached hydrogens (primary N) is 1. The zero-order valence-electron chi connectivity index (χ0n) is 20.4. The lowest BCUT2D eigenvalue weighted by atomic mass is 9.59. The number of carbonyl (C=O) groups excluding carboxylic acids is 2. The van der Waals surface area contributed by atoms with Gasteiger partial charge in [0, 0.05) is 11.6 Å². The van der Waals surface area contributed by atoms with E-state index in [-0.39, 0.29) is 34.4 Å². The van der Waals surface area contributed by atoms with Gasteiger partial charge in [0.05, 0.1) is 17.6 Å². The van der Waals surface area contributed by atoms with E-state index in [9.17, 15) is 24.9 Å². The van der Waals surface area contributed by atoms with Crippen LogP contribution in [0.1, 0.15) is 51.4 Å². The summed E-state index contributed by atoms with van der Waals surface area (Å²) in [5.74, 6) is -1.86. The van der Waals surface area contributed by atoms with E-state index in [4.69, 9.17) is 10.5 Å². The molecule has 5 N–H and O–H groups in total. The van der Waals surface area contributed by atoms with Crippen molar-refractivity contribution in [3.8, 4) is 0 Å². The number of ether oxygens (including phenoxy) is 1. The van der Waals surface area contributed by atoms with E-state index in [0.29, 0.717) is 12.0 Å². The fourth-order valence-electron chi connectivity index (χ4n) is 6.51. The molecule has 1 spiro atoms. The minimum atomic E-state index is -2.18. The molecule has 3 aliphatic rings. The summed E-state index contributed by atoms with van der Waals surface area (Å²) in [5, 5.41) is 34.1. The van der Waals surface area contributed by atoms with Gasteiger partial charge in [-0.15, -0.1) is 0 Å². The fourth-order valence-corrected chi connectivity index (χ4v) is 6.51. The van der Waals surface area contributed by atoms with Gasteiger partial charge in [-0.2, -0.15) is 0 Å². The summed E-state index contributed by atoms with van der Waals surface area (Å²) in [6.07, 6.45) is 1.04. The molecule has 0 aromatic heterocycles. The Hall–Kier alpha value is -2.48. The largest absolute Gasteiger partial charge is 0.451 e. The number of hydrogen-bond donors (Lipinski definition) is 4. The summed E-state index contributed by atoms with van der Waals surface area (Å²) in [6, 6.07) is 6.44. The molecule has 0 heterocycles. The summed E-state index contributed by atoms with van der Waals surface area (Å²) < 4.78 is 5.83. The van der Waals surface area contributed by atoms with Crippen molar-refractivity contribution in [3.05, 3.63) is 53.1 Å². The summed E-state index contributed by atoms with van der Waals surface area (Å²) in [7, 11) is 0. The first kappa shape index (κ1) is 24.6. The van der Waals surface area contributed by atoms with E-state index >= 15 is 0 Å². The molecule has 1 fully saturated rings. The average Bonchev–Trinajstić information content (AvgIpc) is 2.95. The number of allylic oxidation sites excluding steroid dienone is 1. The number of benzene rings is 1. The second kappa shape index (κ2) is 8.04. The first-order chi connectivity index (χ1) is 15.8. The molecular weight excluding hydrogens is 434 g/mol. The lowest BCUT2D eigenvalue weighted by Gasteiger charge is -2.48. The lowest BCUT2D eigenvalue weighted by molar-refractivity contribution is -0.190. The molecule has 3 aliphatic carbocycles. The zero-order chi connectivity index (χ0) is 25.2. The molecule has 34 heavy (non-hydrogen) atoms. The van der Waals surface area contributed by atoms with Gasteiger partial charge < -0.3 is 25.8 Å². The first-order valence-corrected chi connectivity index (χ1v) is 11.8. The maximum atomic E-state index is 14.3. The number of anilines is 1. The Morgan fingerprint density at radius 3 is 2.47 bits per heavy atom. The number of aliphatic hydroxyl groups excluding tert-OH is 2. The van der Waals surface area contributed by atoms with Crippen LogP contribution in [0.3, 0.4) is 0 Å². The Morgan fingerprint density at radius 1 is 1.21 bits per heavy atom. The van der Waals surface area contributed by atoms with Crippen LogP contribution in [0.15, 0.2) is 47.6 Å². The number of carbonyl (C=O) groups is 2. The molecule has 1 aromatic carbocycles. The molecule has 7 atom stereocenters. The molecular formula is C27H35NO6. The first-order valence-electron chi connectivity index (χ1n) is 11.8. The number of hydrogen-bond acceptors (Lipinski definition) is 7. The van der Waals surface area contributed by atoms with E-state index in [1.165, 1.54) is 6.07 Å². The number of aliphatic hydroxyl groups is 3. The summed E-state index contributed by atoms with van der Waals surface area (Å²) in [5.41, 5.74) is 2.79. The number of fused-ring (bicyclic) bond motifs is 1. The standard InChI is InChI=1S/C27H35NO6/c1-14-12-26-16(3)10-15(2)25(4,5)19(22(26)31)11-17(13-29)21(30)27(26,33)23(14)34-24(32)18-8-6-7-9-20(18)28/h6-9,11-12,15-16,19,21,23,29-30,33H,10,13,28H2,1-5H3/t15-,16+,19+,21+,23-,26-,27-/m0/s1. The van der Waals surface area contributed by atoms with Crippen LogP contribution in [-0.2, 0) is 9.53 Å². The third kappa shape index (κ3) is 3.06. The van der Waals surface area contributed by atoms with Crippen molar-refractivity contribution >= 4 is 17.4 Å². The molecule has 184 valence electrons. The van der Waals surface area contributed by atoms with Gasteiger partial charge in [0.2, 0.25) is 0 Å². The summed E-state index contributed by atoms with van der Waals surface area (Å²) in [4.78, 5) is 27.4. The Bertz CT molecular complexity index is 1090. The van der Waals surface area contributed by atoms with Gasteiger partial charge in [-0.25, -0.2) is 4.79 Å². The maximum Gasteiger partial charge on any atom is 0.340 e. The topological polar surface area (TPSA) is 130 Å². The molecule has 0 amide bonds. The third-order valence-corrected chi connectivity index (χ3v) is 8.91. The van der Waals surface area contributed by atoms with E-state index in [0.717, 1.165) is 0 Å². The maximum absolute atomic E-state index is 14.3. The van der Waals surface area contributed by atoms with E-state index in [1.807, 2.05) is 20.8 Å². The van der Waals surface area contributed by atoms with Crippen molar-refractivity contribution in [2.75, 3.05) is 12.3 Å². The third-order valence-electron chi connectivity index (χ3n) is 8.91. The molecule has 1 aromatic rings. The number of nitrogen functional groups attached to an aromatic ring is 1. The number of Topliss-reactive ketones (excluding diaryl/α,β-unsaturated/α-hetero) is 1. The summed E-state index contributed by atoms with van der Waals surface area (Å²) >= 11 is 0. The molecule has 1 saturated carbocycles. The van der Waals surface area contributed by atoms with Crippen molar-refractivity contribution in [1.82, 2.24) is 0 Å². The molecule has 0 saturated heterocycles. The highest BCUT2D eigenvalue weighted by molar-refractivity contribution is 5.97. The number of rotatable bonds is 3. The molecule has 2 bridgehead atoms. The highest BCUT2D eigenvalue weighted by Crippen LogP contribution is 2.62. The van der Waals surface area contributed by atoms with Crippen LogP contribution >= 0.6 is 0 Å². The highest BCUT2D eigenvalue weighted by atomic mass is 16.6. The van der Waals surface area contributed by atoms with Gasteiger partial charge in [-0.05, 0) is 53.9 Å². The molecule has 7 heteroatoms. The Labute approximate surface area is 200 Å². The van der Waals surface area contributed by atoms with Crippen molar-refractivity contribution in [2.24, 2.45) is 28.6 Å². The summed E-state index contributed by atoms with van der Waals surface area (Å²) in [6.45, 7) is 9.16. The van der Waals surface area contributed by atoms with Crippen molar-refractivity contribution < 1.29 is 29.6 Å². The van der Waals surface area contributed by atoms with Gasteiger partial charge in [-0.3, -0.25) is 4.79 Å².